The number of carbonyl (C=O) groups excluding carboxylic acids is 1. The smallest absolute Gasteiger partial charge is 0.255 e. The van der Waals surface area contributed by atoms with E-state index >= 15 is 0 Å². The number of rotatable bonds is 9. The second-order valence-corrected chi connectivity index (χ2v) is 7.16. The minimum Gasteiger partial charge on any atom is -0.348 e. The molecule has 0 spiro atoms. The lowest BCUT2D eigenvalue weighted by molar-refractivity contribution is 0.0949. The zero-order chi connectivity index (χ0) is 21.5. The lowest BCUT2D eigenvalue weighted by Crippen LogP contribution is -2.26. The molecule has 3 rings (SSSR count). The van der Waals surface area contributed by atoms with E-state index in [9.17, 15) is 9.18 Å². The number of nitrogens with one attached hydrogen (secondary N) is 1. The van der Waals surface area contributed by atoms with Gasteiger partial charge in [-0.15, -0.1) is 0 Å². The minimum absolute atomic E-state index is 0.155. The van der Waals surface area contributed by atoms with E-state index in [1.807, 2.05) is 19.1 Å². The molecule has 0 radical (unpaired) electrons. The molecule has 0 unspecified atom stereocenters. The predicted octanol–water partition coefficient (Wildman–Crippen LogP) is 4.35. The van der Waals surface area contributed by atoms with Crippen LogP contribution in [0.2, 0.25) is 0 Å². The van der Waals surface area contributed by atoms with Gasteiger partial charge in [0.15, 0.2) is 0 Å². The zero-order valence-electron chi connectivity index (χ0n) is 17.9. The Balaban J connectivity index is 1.75. The number of carbonyl (C=O) groups is 1. The number of aromatic nitrogens is 2. The van der Waals surface area contributed by atoms with Crippen LogP contribution in [0, 0.1) is 5.82 Å². The Morgan fingerprint density at radius 3 is 2.33 bits per heavy atom. The van der Waals surface area contributed by atoms with Gasteiger partial charge in [-0.3, -0.25) is 9.69 Å². The average Bonchev–Trinajstić information content (AvgIpc) is 3.21. The number of hydrogen-bond donors (Lipinski definition) is 1. The van der Waals surface area contributed by atoms with Crippen molar-refractivity contribution in [3.63, 3.8) is 0 Å². The number of nitrogens with zero attached hydrogens (tertiary/aromatic N) is 3. The molecule has 6 heteroatoms. The summed E-state index contributed by atoms with van der Waals surface area (Å²) < 4.78 is 14.9. The van der Waals surface area contributed by atoms with Gasteiger partial charge in [0.25, 0.3) is 5.91 Å². The molecule has 0 fully saturated rings. The molecule has 5 nitrogen and oxygen atoms in total. The van der Waals surface area contributed by atoms with Gasteiger partial charge in [0.2, 0.25) is 0 Å². The largest absolute Gasteiger partial charge is 0.348 e. The predicted molar refractivity (Wildman–Crippen MR) is 117 cm³/mol. The molecule has 1 N–H and O–H groups in total. The molecule has 2 aromatic carbocycles. The lowest BCUT2D eigenvalue weighted by atomic mass is 10.1. The van der Waals surface area contributed by atoms with Crippen molar-refractivity contribution in [2.75, 3.05) is 13.1 Å². The lowest BCUT2D eigenvalue weighted by Gasteiger charge is -2.20. The Morgan fingerprint density at radius 2 is 1.70 bits per heavy atom. The molecule has 0 atom stereocenters. The van der Waals surface area contributed by atoms with Gasteiger partial charge in [-0.25, -0.2) is 9.07 Å². The van der Waals surface area contributed by atoms with Crippen molar-refractivity contribution in [3.8, 4) is 5.69 Å². The fourth-order valence-electron chi connectivity index (χ4n) is 3.55. The number of amides is 1. The maximum atomic E-state index is 13.2. The Morgan fingerprint density at radius 1 is 1.03 bits per heavy atom. The molecule has 0 saturated heterocycles. The van der Waals surface area contributed by atoms with E-state index < -0.39 is 0 Å². The molecule has 158 valence electrons. The third kappa shape index (κ3) is 4.94. The molecule has 1 heterocycles. The van der Waals surface area contributed by atoms with Crippen molar-refractivity contribution in [3.05, 3.63) is 82.9 Å². The van der Waals surface area contributed by atoms with Crippen LogP contribution in [0.25, 0.3) is 5.69 Å². The summed E-state index contributed by atoms with van der Waals surface area (Å²) in [6.45, 7) is 9.58. The van der Waals surface area contributed by atoms with Crippen molar-refractivity contribution in [2.24, 2.45) is 0 Å². The molecule has 1 amide bonds. The van der Waals surface area contributed by atoms with E-state index in [-0.39, 0.29) is 11.7 Å². The summed E-state index contributed by atoms with van der Waals surface area (Å²) in [7, 11) is 0. The van der Waals surface area contributed by atoms with Crippen LogP contribution >= 0.6 is 0 Å². The van der Waals surface area contributed by atoms with Gasteiger partial charge in [0.05, 0.1) is 23.1 Å². The normalized spacial score (nSPS) is 11.1. The monoisotopic (exact) mass is 408 g/mol. The summed E-state index contributed by atoms with van der Waals surface area (Å²) in [4.78, 5) is 15.3. The Bertz CT molecular complexity index is 977. The van der Waals surface area contributed by atoms with Gasteiger partial charge >= 0.3 is 0 Å². The van der Waals surface area contributed by atoms with Gasteiger partial charge in [-0.2, -0.15) is 5.10 Å². The first-order valence-electron chi connectivity index (χ1n) is 10.5. The summed E-state index contributed by atoms with van der Waals surface area (Å²) in [5.41, 5.74) is 4.41. The standard InChI is InChI=1S/C24H29FN4O/c1-4-23-22(16-27-29(23)21-13-11-20(25)12-14-21)24(30)26-15-18-9-7-8-10-19(18)17-28(5-2)6-3/h7-14,16H,4-6,15,17H2,1-3H3,(H,26,30). The van der Waals surface area contributed by atoms with Crippen molar-refractivity contribution >= 4 is 5.91 Å². The van der Waals surface area contributed by atoms with Crippen LogP contribution in [0.3, 0.4) is 0 Å². The molecule has 30 heavy (non-hydrogen) atoms. The average molecular weight is 409 g/mol. The van der Waals surface area contributed by atoms with Crippen LogP contribution in [-0.2, 0) is 19.5 Å². The SMILES string of the molecule is CCc1c(C(=O)NCc2ccccc2CN(CC)CC)cnn1-c1ccc(F)cc1. The number of halogens is 1. The van der Waals surface area contributed by atoms with E-state index in [4.69, 9.17) is 0 Å². The molecule has 0 saturated carbocycles. The first kappa shape index (κ1) is 21.7. The highest BCUT2D eigenvalue weighted by atomic mass is 19.1. The van der Waals surface area contributed by atoms with E-state index in [1.165, 1.54) is 17.7 Å². The van der Waals surface area contributed by atoms with E-state index in [2.05, 4.69) is 41.3 Å². The maximum absolute atomic E-state index is 13.2. The molecular formula is C24H29FN4O. The highest BCUT2D eigenvalue weighted by Gasteiger charge is 2.17. The summed E-state index contributed by atoms with van der Waals surface area (Å²) >= 11 is 0. The molecular weight excluding hydrogens is 379 g/mol. The zero-order valence-corrected chi connectivity index (χ0v) is 17.9. The first-order chi connectivity index (χ1) is 14.6. The van der Waals surface area contributed by atoms with Gasteiger partial charge in [-0.1, -0.05) is 45.0 Å². The molecule has 0 aliphatic carbocycles. The van der Waals surface area contributed by atoms with E-state index in [0.29, 0.717) is 18.5 Å². The molecule has 0 bridgehead atoms. The van der Waals surface area contributed by atoms with Gasteiger partial charge in [-0.05, 0) is 54.9 Å². The molecule has 0 aliphatic heterocycles. The van der Waals surface area contributed by atoms with Crippen LogP contribution in [-0.4, -0.2) is 33.7 Å². The van der Waals surface area contributed by atoms with Gasteiger partial charge < -0.3 is 5.32 Å². The maximum Gasteiger partial charge on any atom is 0.255 e. The second kappa shape index (κ2) is 10.2. The van der Waals surface area contributed by atoms with Crippen LogP contribution in [0.1, 0.15) is 48.0 Å². The molecule has 0 aliphatic rings. The Hall–Kier alpha value is -2.99. The number of hydrogen-bond acceptors (Lipinski definition) is 3. The number of benzene rings is 2. The van der Waals surface area contributed by atoms with Crippen molar-refractivity contribution in [1.29, 1.82) is 0 Å². The highest BCUT2D eigenvalue weighted by Crippen LogP contribution is 2.17. The van der Waals surface area contributed by atoms with Gasteiger partial charge in [0, 0.05) is 13.1 Å². The minimum atomic E-state index is -0.301. The topological polar surface area (TPSA) is 50.2 Å². The van der Waals surface area contributed by atoms with Crippen LogP contribution in [0.4, 0.5) is 4.39 Å². The van der Waals surface area contributed by atoms with E-state index in [1.54, 1.807) is 23.0 Å². The van der Waals surface area contributed by atoms with Crippen molar-refractivity contribution < 1.29 is 9.18 Å². The second-order valence-electron chi connectivity index (χ2n) is 7.16. The van der Waals surface area contributed by atoms with Crippen LogP contribution in [0.15, 0.2) is 54.7 Å². The first-order valence-corrected chi connectivity index (χ1v) is 10.5. The summed E-state index contributed by atoms with van der Waals surface area (Å²) in [5, 5.41) is 7.41. The molecule has 3 aromatic rings. The van der Waals surface area contributed by atoms with E-state index in [0.717, 1.165) is 36.6 Å². The van der Waals surface area contributed by atoms with Crippen molar-refractivity contribution in [2.45, 2.75) is 40.3 Å². The summed E-state index contributed by atoms with van der Waals surface area (Å²) in [5.74, 6) is -0.455. The molecule has 1 aromatic heterocycles. The third-order valence-electron chi connectivity index (χ3n) is 5.37. The fraction of sp³-hybridized carbons (Fsp3) is 0.333. The van der Waals surface area contributed by atoms with Crippen LogP contribution < -0.4 is 5.32 Å². The van der Waals surface area contributed by atoms with Crippen molar-refractivity contribution in [1.82, 2.24) is 20.0 Å². The highest BCUT2D eigenvalue weighted by molar-refractivity contribution is 5.95. The Labute approximate surface area is 177 Å². The fourth-order valence-corrected chi connectivity index (χ4v) is 3.55. The van der Waals surface area contributed by atoms with Crippen LogP contribution in [0.5, 0.6) is 0 Å². The third-order valence-corrected chi connectivity index (χ3v) is 5.37. The Kier molecular flexibility index (Phi) is 7.36. The quantitative estimate of drug-likeness (QED) is 0.573. The summed E-state index contributed by atoms with van der Waals surface area (Å²) in [6.07, 6.45) is 2.22. The summed E-state index contributed by atoms with van der Waals surface area (Å²) in [6, 6.07) is 14.3. The van der Waals surface area contributed by atoms with Gasteiger partial charge in [0.1, 0.15) is 5.82 Å².